The lowest BCUT2D eigenvalue weighted by atomic mass is 10.2. The molecule has 29 heavy (non-hydrogen) atoms. The normalized spacial score (nSPS) is 11.8. The number of anilines is 2. The average Bonchev–Trinajstić information content (AvgIpc) is 3.05. The molecule has 0 aliphatic carbocycles. The molecule has 2 heterocycles. The molecule has 0 bridgehead atoms. The monoisotopic (exact) mass is 401 g/mol. The van der Waals surface area contributed by atoms with Gasteiger partial charge in [-0.15, -0.1) is 0 Å². The van der Waals surface area contributed by atoms with E-state index in [0.29, 0.717) is 40.6 Å². The van der Waals surface area contributed by atoms with Gasteiger partial charge in [0.25, 0.3) is 0 Å². The van der Waals surface area contributed by atoms with Crippen molar-refractivity contribution in [2.24, 2.45) is 0 Å². The quantitative estimate of drug-likeness (QED) is 0.473. The first-order valence-corrected chi connectivity index (χ1v) is 8.78. The van der Waals surface area contributed by atoms with Gasteiger partial charge in [0.15, 0.2) is 11.6 Å². The molecule has 0 saturated carbocycles. The molecule has 0 atom stereocenters. The highest BCUT2D eigenvalue weighted by Gasteiger charge is 2.29. The second-order valence-electron chi connectivity index (χ2n) is 6.31. The molecule has 0 aliphatic rings. The molecule has 9 heteroatoms. The third kappa shape index (κ3) is 3.75. The number of rotatable bonds is 4. The van der Waals surface area contributed by atoms with E-state index < -0.39 is 17.6 Å². The largest absolute Gasteiger partial charge is 0.416 e. The minimum absolute atomic E-state index is 0.336. The zero-order chi connectivity index (χ0) is 20.6. The average molecular weight is 401 g/mol. The summed E-state index contributed by atoms with van der Waals surface area (Å²) in [6.45, 7) is 1.92. The van der Waals surface area contributed by atoms with Crippen molar-refractivity contribution in [3.8, 4) is 5.82 Å². The van der Waals surface area contributed by atoms with Gasteiger partial charge in [0.2, 0.25) is 0 Å². The maximum Gasteiger partial charge on any atom is 0.416 e. The first-order chi connectivity index (χ1) is 13.8. The Morgan fingerprint density at radius 3 is 2.45 bits per heavy atom. The third-order valence-electron chi connectivity index (χ3n) is 4.34. The van der Waals surface area contributed by atoms with Crippen LogP contribution in [0.4, 0.5) is 29.1 Å². The van der Waals surface area contributed by atoms with Gasteiger partial charge in [-0.3, -0.25) is 9.55 Å². The van der Waals surface area contributed by atoms with Crippen molar-refractivity contribution in [1.29, 1.82) is 0 Å². The van der Waals surface area contributed by atoms with E-state index in [2.05, 4.69) is 20.3 Å². The lowest BCUT2D eigenvalue weighted by Gasteiger charge is -2.11. The molecule has 2 aromatic carbocycles. The number of halogens is 4. The summed E-state index contributed by atoms with van der Waals surface area (Å²) in [5.41, 5.74) is 0.887. The fraction of sp³-hybridized carbons (Fsp3) is 0.150. The van der Waals surface area contributed by atoms with Crippen LogP contribution in [0.2, 0.25) is 0 Å². The van der Waals surface area contributed by atoms with E-state index in [4.69, 9.17) is 0 Å². The Morgan fingerprint density at radius 1 is 1.00 bits per heavy atom. The fourth-order valence-electron chi connectivity index (χ4n) is 3.01. The van der Waals surface area contributed by atoms with Crippen LogP contribution in [-0.2, 0) is 12.6 Å². The molecule has 4 aromatic rings. The van der Waals surface area contributed by atoms with Crippen molar-refractivity contribution in [2.75, 3.05) is 5.32 Å². The minimum Gasteiger partial charge on any atom is -0.339 e. The number of nitrogens with zero attached hydrogens (tertiary/aromatic N) is 4. The molecule has 0 aliphatic heterocycles. The summed E-state index contributed by atoms with van der Waals surface area (Å²) in [5, 5.41) is 2.93. The summed E-state index contributed by atoms with van der Waals surface area (Å²) in [6.07, 6.45) is -0.837. The van der Waals surface area contributed by atoms with Gasteiger partial charge >= 0.3 is 6.18 Å². The lowest BCUT2D eigenvalue weighted by molar-refractivity contribution is -0.137. The van der Waals surface area contributed by atoms with E-state index in [1.54, 1.807) is 10.6 Å². The van der Waals surface area contributed by atoms with Crippen molar-refractivity contribution in [2.45, 2.75) is 19.5 Å². The van der Waals surface area contributed by atoms with Gasteiger partial charge < -0.3 is 5.32 Å². The van der Waals surface area contributed by atoms with Crippen LogP contribution in [0.3, 0.4) is 0 Å². The molecular weight excluding hydrogens is 386 g/mol. The molecule has 148 valence electrons. The fourth-order valence-corrected chi connectivity index (χ4v) is 3.01. The lowest BCUT2D eigenvalue weighted by Crippen LogP contribution is -2.06. The van der Waals surface area contributed by atoms with Crippen LogP contribution in [0.15, 0.2) is 54.9 Å². The minimum atomic E-state index is -4.40. The Balaban J connectivity index is 1.70. The van der Waals surface area contributed by atoms with Crippen molar-refractivity contribution in [3.05, 3.63) is 72.1 Å². The number of alkyl halides is 3. The summed E-state index contributed by atoms with van der Waals surface area (Å²) in [4.78, 5) is 13.1. The van der Waals surface area contributed by atoms with Crippen LogP contribution < -0.4 is 5.32 Å². The summed E-state index contributed by atoms with van der Waals surface area (Å²) in [7, 11) is 0. The molecule has 1 N–H and O–H groups in total. The van der Waals surface area contributed by atoms with Crippen molar-refractivity contribution < 1.29 is 17.6 Å². The van der Waals surface area contributed by atoms with Crippen LogP contribution >= 0.6 is 0 Å². The molecule has 0 radical (unpaired) electrons. The van der Waals surface area contributed by atoms with Crippen LogP contribution in [0.25, 0.3) is 16.9 Å². The number of aromatic nitrogens is 4. The van der Waals surface area contributed by atoms with Gasteiger partial charge in [-0.1, -0.05) is 6.92 Å². The number of aryl methyl sites for hydroxylation is 1. The van der Waals surface area contributed by atoms with Crippen molar-refractivity contribution in [1.82, 2.24) is 19.5 Å². The first-order valence-electron chi connectivity index (χ1n) is 8.78. The van der Waals surface area contributed by atoms with Gasteiger partial charge in [0.05, 0.1) is 29.0 Å². The number of imidazole rings is 1. The smallest absolute Gasteiger partial charge is 0.339 e. The summed E-state index contributed by atoms with van der Waals surface area (Å²) in [6, 6.07) is 8.92. The third-order valence-corrected chi connectivity index (χ3v) is 4.34. The van der Waals surface area contributed by atoms with E-state index in [1.165, 1.54) is 36.7 Å². The molecule has 5 nitrogen and oxygen atoms in total. The van der Waals surface area contributed by atoms with Gasteiger partial charge in [0.1, 0.15) is 11.6 Å². The highest BCUT2D eigenvalue weighted by atomic mass is 19.4. The molecule has 2 aromatic heterocycles. The van der Waals surface area contributed by atoms with Crippen molar-refractivity contribution >= 4 is 22.5 Å². The topological polar surface area (TPSA) is 55.6 Å². The van der Waals surface area contributed by atoms with Crippen LogP contribution in [0, 0.1) is 5.82 Å². The van der Waals surface area contributed by atoms with E-state index in [-0.39, 0.29) is 0 Å². The Hall–Kier alpha value is -3.49. The predicted octanol–water partition coefficient (Wildman–Crippen LogP) is 5.28. The zero-order valence-corrected chi connectivity index (χ0v) is 15.2. The van der Waals surface area contributed by atoms with Crippen LogP contribution in [-0.4, -0.2) is 19.5 Å². The number of fused-ring (bicyclic) bond motifs is 1. The first kappa shape index (κ1) is 18.9. The number of hydrogen-bond acceptors (Lipinski definition) is 4. The van der Waals surface area contributed by atoms with Crippen molar-refractivity contribution in [3.63, 3.8) is 0 Å². The standard InChI is InChI=1S/C20H15F4N5/c1-2-18-27-15-8-5-13(21)9-16(15)29(18)19-11-25-10-17(28-19)26-14-6-3-12(4-7-14)20(22,23)24/h3-11H,2H2,1H3,(H,26,28). The Labute approximate surface area is 163 Å². The zero-order valence-electron chi connectivity index (χ0n) is 15.2. The molecular formula is C20H15F4N5. The highest BCUT2D eigenvalue weighted by molar-refractivity contribution is 5.78. The predicted molar refractivity (Wildman–Crippen MR) is 101 cm³/mol. The molecule has 4 rings (SSSR count). The van der Waals surface area contributed by atoms with Crippen LogP contribution in [0.1, 0.15) is 18.3 Å². The Kier molecular flexibility index (Phi) is 4.65. The SMILES string of the molecule is CCc1nc2ccc(F)cc2n1-c1cncc(Nc2ccc(C(F)(F)F)cc2)n1. The molecule has 0 spiro atoms. The summed E-state index contributed by atoms with van der Waals surface area (Å²) < 4.78 is 53.6. The molecule has 0 fully saturated rings. The summed E-state index contributed by atoms with van der Waals surface area (Å²) in [5.74, 6) is 1.05. The molecule has 0 unspecified atom stereocenters. The van der Waals surface area contributed by atoms with Gasteiger partial charge in [-0.2, -0.15) is 13.2 Å². The van der Waals surface area contributed by atoms with E-state index >= 15 is 0 Å². The maximum atomic E-state index is 13.8. The second-order valence-corrected chi connectivity index (χ2v) is 6.31. The van der Waals surface area contributed by atoms with E-state index in [0.717, 1.165) is 12.1 Å². The van der Waals surface area contributed by atoms with Gasteiger partial charge in [-0.05, 0) is 36.4 Å². The second kappa shape index (κ2) is 7.16. The van der Waals surface area contributed by atoms with E-state index in [1.807, 2.05) is 6.92 Å². The number of nitrogens with one attached hydrogen (secondary N) is 1. The molecule has 0 amide bonds. The van der Waals surface area contributed by atoms with Crippen LogP contribution in [0.5, 0.6) is 0 Å². The van der Waals surface area contributed by atoms with Gasteiger partial charge in [-0.25, -0.2) is 14.4 Å². The maximum absolute atomic E-state index is 13.8. The Morgan fingerprint density at radius 2 is 1.76 bits per heavy atom. The Bertz CT molecular complexity index is 1170. The highest BCUT2D eigenvalue weighted by Crippen LogP contribution is 2.30. The number of benzene rings is 2. The molecule has 0 saturated heterocycles. The van der Waals surface area contributed by atoms with Gasteiger partial charge in [0, 0.05) is 18.2 Å². The van der Waals surface area contributed by atoms with E-state index in [9.17, 15) is 17.6 Å². The summed E-state index contributed by atoms with van der Waals surface area (Å²) >= 11 is 0. The number of hydrogen-bond donors (Lipinski definition) is 1.